The predicted octanol–water partition coefficient (Wildman–Crippen LogP) is 3.48. The Bertz CT molecular complexity index is 865. The van der Waals surface area contributed by atoms with Gasteiger partial charge in [0, 0.05) is 18.3 Å². The standard InChI is InChI=1S/C23H26N2O3/c1-22(2,3)28-21(26)18-10-12-23(27,13-11-20-24-14-7-15-25-20)16-19(18)17-8-5-4-6-9-17/h4-9,14-15,18-19,27H,10,12,16H2,1-3H3/t18-,19+,23+/m1/s1. The van der Waals surface area contributed by atoms with Gasteiger partial charge in [-0.1, -0.05) is 36.3 Å². The van der Waals surface area contributed by atoms with Crippen LogP contribution in [0.1, 0.15) is 57.3 Å². The molecule has 0 saturated heterocycles. The number of aromatic nitrogens is 2. The van der Waals surface area contributed by atoms with Gasteiger partial charge in [-0.3, -0.25) is 4.79 Å². The highest BCUT2D eigenvalue weighted by Crippen LogP contribution is 2.43. The van der Waals surface area contributed by atoms with Gasteiger partial charge in [-0.2, -0.15) is 0 Å². The third-order valence-corrected chi connectivity index (χ3v) is 4.82. The molecule has 1 aliphatic carbocycles. The molecule has 5 nitrogen and oxygen atoms in total. The highest BCUT2D eigenvalue weighted by atomic mass is 16.6. The van der Waals surface area contributed by atoms with E-state index in [9.17, 15) is 9.90 Å². The Kier molecular flexibility index (Phi) is 5.81. The molecular weight excluding hydrogens is 352 g/mol. The van der Waals surface area contributed by atoms with Gasteiger partial charge in [0.1, 0.15) is 11.2 Å². The molecule has 28 heavy (non-hydrogen) atoms. The van der Waals surface area contributed by atoms with E-state index in [-0.39, 0.29) is 17.8 Å². The van der Waals surface area contributed by atoms with Crippen LogP contribution in [0.5, 0.6) is 0 Å². The van der Waals surface area contributed by atoms with Gasteiger partial charge in [0.25, 0.3) is 0 Å². The molecular formula is C23H26N2O3. The van der Waals surface area contributed by atoms with Crippen LogP contribution in [0.4, 0.5) is 0 Å². The molecule has 0 radical (unpaired) electrons. The van der Waals surface area contributed by atoms with Gasteiger partial charge >= 0.3 is 5.97 Å². The highest BCUT2D eigenvalue weighted by Gasteiger charge is 2.43. The monoisotopic (exact) mass is 378 g/mol. The molecule has 1 heterocycles. The summed E-state index contributed by atoms with van der Waals surface area (Å²) < 4.78 is 5.65. The van der Waals surface area contributed by atoms with E-state index in [1.54, 1.807) is 18.5 Å². The molecule has 1 fully saturated rings. The van der Waals surface area contributed by atoms with E-state index in [1.165, 1.54) is 0 Å². The van der Waals surface area contributed by atoms with E-state index in [1.807, 2.05) is 51.1 Å². The molecule has 0 aliphatic heterocycles. The second kappa shape index (κ2) is 8.12. The number of rotatable bonds is 2. The van der Waals surface area contributed by atoms with Crippen molar-refractivity contribution in [1.29, 1.82) is 0 Å². The molecule has 1 saturated carbocycles. The summed E-state index contributed by atoms with van der Waals surface area (Å²) in [5.41, 5.74) is -0.733. The zero-order valence-corrected chi connectivity index (χ0v) is 16.6. The van der Waals surface area contributed by atoms with Gasteiger partial charge in [-0.05, 0) is 57.6 Å². The first kappa shape index (κ1) is 20.0. The van der Waals surface area contributed by atoms with Crippen molar-refractivity contribution in [2.75, 3.05) is 0 Å². The fourth-order valence-corrected chi connectivity index (χ4v) is 3.56. The number of esters is 1. The zero-order chi connectivity index (χ0) is 20.2. The summed E-state index contributed by atoms with van der Waals surface area (Å²) in [4.78, 5) is 21.0. The Balaban J connectivity index is 1.87. The first-order valence-corrected chi connectivity index (χ1v) is 9.56. The minimum absolute atomic E-state index is 0.166. The van der Waals surface area contributed by atoms with Crippen LogP contribution in [0.2, 0.25) is 0 Å². The summed E-state index contributed by atoms with van der Waals surface area (Å²) in [6, 6.07) is 11.5. The minimum Gasteiger partial charge on any atom is -0.460 e. The van der Waals surface area contributed by atoms with Gasteiger partial charge in [0.15, 0.2) is 0 Å². The maximum atomic E-state index is 12.8. The van der Waals surface area contributed by atoms with Crippen molar-refractivity contribution >= 4 is 5.97 Å². The first-order chi connectivity index (χ1) is 13.3. The Hall–Kier alpha value is -2.71. The van der Waals surface area contributed by atoms with E-state index in [4.69, 9.17) is 4.74 Å². The molecule has 3 rings (SSSR count). The molecule has 0 spiro atoms. The van der Waals surface area contributed by atoms with E-state index in [2.05, 4.69) is 21.8 Å². The van der Waals surface area contributed by atoms with Gasteiger partial charge < -0.3 is 9.84 Å². The fourth-order valence-electron chi connectivity index (χ4n) is 3.56. The van der Waals surface area contributed by atoms with Crippen molar-refractivity contribution in [1.82, 2.24) is 9.97 Å². The summed E-state index contributed by atoms with van der Waals surface area (Å²) in [5, 5.41) is 11.1. The van der Waals surface area contributed by atoms with E-state index in [0.717, 1.165) is 5.56 Å². The van der Waals surface area contributed by atoms with Crippen molar-refractivity contribution in [3.8, 4) is 11.8 Å². The van der Waals surface area contributed by atoms with Gasteiger partial charge in [-0.15, -0.1) is 0 Å². The van der Waals surface area contributed by atoms with Crippen LogP contribution in [-0.4, -0.2) is 32.2 Å². The minimum atomic E-state index is -1.20. The van der Waals surface area contributed by atoms with Gasteiger partial charge in [0.05, 0.1) is 5.92 Å². The van der Waals surface area contributed by atoms with Gasteiger partial charge in [0.2, 0.25) is 5.82 Å². The third-order valence-electron chi connectivity index (χ3n) is 4.82. The average Bonchev–Trinajstić information content (AvgIpc) is 2.66. The second-order valence-electron chi connectivity index (χ2n) is 8.25. The van der Waals surface area contributed by atoms with Crippen LogP contribution in [-0.2, 0) is 9.53 Å². The van der Waals surface area contributed by atoms with Crippen molar-refractivity contribution in [3.63, 3.8) is 0 Å². The molecule has 5 heteroatoms. The van der Waals surface area contributed by atoms with Crippen molar-refractivity contribution in [2.24, 2.45) is 5.92 Å². The van der Waals surface area contributed by atoms with Crippen LogP contribution in [0.3, 0.4) is 0 Å². The molecule has 146 valence electrons. The Morgan fingerprint density at radius 2 is 1.86 bits per heavy atom. The topological polar surface area (TPSA) is 72.3 Å². The highest BCUT2D eigenvalue weighted by molar-refractivity contribution is 5.74. The summed E-state index contributed by atoms with van der Waals surface area (Å²) in [6.07, 6.45) is 4.51. The zero-order valence-electron chi connectivity index (χ0n) is 16.6. The quantitative estimate of drug-likeness (QED) is 0.640. The SMILES string of the molecule is CC(C)(C)OC(=O)[C@@H]1CC[C@](O)(C#Cc2ncccn2)C[C@H]1c1ccccc1. The Morgan fingerprint density at radius 1 is 1.18 bits per heavy atom. The van der Waals surface area contributed by atoms with Crippen LogP contribution in [0.15, 0.2) is 48.8 Å². The molecule has 3 atom stereocenters. The first-order valence-electron chi connectivity index (χ1n) is 9.56. The maximum Gasteiger partial charge on any atom is 0.310 e. The molecule has 0 amide bonds. The van der Waals surface area contributed by atoms with Gasteiger partial charge in [-0.25, -0.2) is 9.97 Å². The number of aliphatic hydroxyl groups is 1. The largest absolute Gasteiger partial charge is 0.460 e. The lowest BCUT2D eigenvalue weighted by atomic mass is 9.69. The van der Waals surface area contributed by atoms with Crippen LogP contribution >= 0.6 is 0 Å². The lowest BCUT2D eigenvalue weighted by Crippen LogP contribution is -2.41. The molecule has 1 N–H and O–H groups in total. The Labute approximate surface area is 166 Å². The molecule has 1 aromatic carbocycles. The second-order valence-corrected chi connectivity index (χ2v) is 8.25. The summed E-state index contributed by atoms with van der Waals surface area (Å²) in [7, 11) is 0. The van der Waals surface area contributed by atoms with Crippen LogP contribution in [0, 0.1) is 17.8 Å². The average molecular weight is 378 g/mol. The number of ether oxygens (including phenoxy) is 1. The third kappa shape index (κ3) is 5.17. The smallest absolute Gasteiger partial charge is 0.310 e. The van der Waals surface area contributed by atoms with E-state index < -0.39 is 11.2 Å². The predicted molar refractivity (Wildman–Crippen MR) is 106 cm³/mol. The fraction of sp³-hybridized carbons (Fsp3) is 0.435. The number of carbonyl (C=O) groups is 1. The molecule has 1 aliphatic rings. The normalized spacial score (nSPS) is 24.7. The number of benzene rings is 1. The number of hydrogen-bond donors (Lipinski definition) is 1. The summed E-state index contributed by atoms with van der Waals surface area (Å²) in [5.74, 6) is 5.50. The summed E-state index contributed by atoms with van der Waals surface area (Å²) >= 11 is 0. The maximum absolute atomic E-state index is 12.8. The molecule has 0 bridgehead atoms. The molecule has 0 unspecified atom stereocenters. The lowest BCUT2D eigenvalue weighted by molar-refractivity contribution is -0.163. The number of nitrogens with zero attached hydrogens (tertiary/aromatic N) is 2. The lowest BCUT2D eigenvalue weighted by Gasteiger charge is -2.39. The van der Waals surface area contributed by atoms with Crippen LogP contribution < -0.4 is 0 Å². The van der Waals surface area contributed by atoms with E-state index >= 15 is 0 Å². The van der Waals surface area contributed by atoms with Crippen molar-refractivity contribution in [2.45, 2.75) is 57.2 Å². The Morgan fingerprint density at radius 3 is 2.50 bits per heavy atom. The summed E-state index contributed by atoms with van der Waals surface area (Å²) in [6.45, 7) is 5.60. The molecule has 2 aromatic rings. The number of carbonyl (C=O) groups excluding carboxylic acids is 1. The number of hydrogen-bond acceptors (Lipinski definition) is 5. The van der Waals surface area contributed by atoms with Crippen molar-refractivity contribution < 1.29 is 14.6 Å². The van der Waals surface area contributed by atoms with Crippen LogP contribution in [0.25, 0.3) is 0 Å². The van der Waals surface area contributed by atoms with E-state index in [0.29, 0.717) is 25.1 Å². The molecule has 1 aromatic heterocycles. The van der Waals surface area contributed by atoms with Crippen molar-refractivity contribution in [3.05, 3.63) is 60.2 Å².